The normalized spacial score (nSPS) is 12.1. The number of hydrogen-bond acceptors (Lipinski definition) is 5. The summed E-state index contributed by atoms with van der Waals surface area (Å²) in [7, 11) is 1.56. The highest BCUT2D eigenvalue weighted by Crippen LogP contribution is 2.25. The quantitative estimate of drug-likeness (QED) is 0.653. The number of hydrogen-bond donors (Lipinski definition) is 1. The van der Waals surface area contributed by atoms with Gasteiger partial charge in [0, 0.05) is 30.3 Å². The molecule has 2 rings (SSSR count). The molecule has 1 aromatic heterocycles. The molecule has 0 saturated carbocycles. The first-order valence-corrected chi connectivity index (χ1v) is 7.13. The highest BCUT2D eigenvalue weighted by Gasteiger charge is 2.12. The van der Waals surface area contributed by atoms with Gasteiger partial charge in [0.2, 0.25) is 0 Å². The Bertz CT molecular complexity index is 584. The van der Waals surface area contributed by atoms with E-state index in [1.165, 1.54) is 11.6 Å². The zero-order valence-electron chi connectivity index (χ0n) is 11.3. The lowest BCUT2D eigenvalue weighted by Crippen LogP contribution is -2.18. The van der Waals surface area contributed by atoms with Gasteiger partial charge in [-0.1, -0.05) is 0 Å². The predicted molar refractivity (Wildman–Crippen MR) is 79.2 cm³/mol. The first-order chi connectivity index (χ1) is 9.61. The van der Waals surface area contributed by atoms with E-state index in [-0.39, 0.29) is 11.7 Å². The van der Waals surface area contributed by atoms with E-state index in [2.05, 4.69) is 23.7 Å². The SMILES string of the molecule is COc1ccc([N+](=O)[O-])cc1CNC(C)c1ccsc1. The van der Waals surface area contributed by atoms with E-state index in [0.29, 0.717) is 12.3 Å². The van der Waals surface area contributed by atoms with Crippen LogP contribution in [0.25, 0.3) is 0 Å². The van der Waals surface area contributed by atoms with Gasteiger partial charge in [-0.3, -0.25) is 10.1 Å². The molecule has 1 atom stereocenters. The van der Waals surface area contributed by atoms with Crippen LogP contribution in [0.5, 0.6) is 5.75 Å². The first-order valence-electron chi connectivity index (χ1n) is 6.18. The average molecular weight is 292 g/mol. The van der Waals surface area contributed by atoms with Gasteiger partial charge >= 0.3 is 0 Å². The van der Waals surface area contributed by atoms with Crippen LogP contribution in [0.2, 0.25) is 0 Å². The molecule has 0 aliphatic heterocycles. The van der Waals surface area contributed by atoms with Crippen molar-refractivity contribution in [2.45, 2.75) is 19.5 Å². The second kappa shape index (κ2) is 6.49. The second-order valence-electron chi connectivity index (χ2n) is 4.41. The predicted octanol–water partition coefficient (Wildman–Crippen LogP) is 3.52. The molecule has 2 aromatic rings. The molecule has 1 unspecified atom stereocenters. The minimum absolute atomic E-state index is 0.0748. The molecular weight excluding hydrogens is 276 g/mol. The van der Waals surface area contributed by atoms with Crippen molar-refractivity contribution in [2.24, 2.45) is 0 Å². The van der Waals surface area contributed by atoms with Gasteiger partial charge in [0.25, 0.3) is 5.69 Å². The highest BCUT2D eigenvalue weighted by atomic mass is 32.1. The van der Waals surface area contributed by atoms with Crippen LogP contribution in [0.3, 0.4) is 0 Å². The van der Waals surface area contributed by atoms with Crippen LogP contribution in [0.4, 0.5) is 5.69 Å². The third-order valence-corrected chi connectivity index (χ3v) is 3.82. The maximum atomic E-state index is 10.8. The van der Waals surface area contributed by atoms with E-state index in [4.69, 9.17) is 4.74 Å². The topological polar surface area (TPSA) is 64.4 Å². The molecule has 106 valence electrons. The van der Waals surface area contributed by atoms with Crippen LogP contribution in [0, 0.1) is 10.1 Å². The van der Waals surface area contributed by atoms with E-state index in [0.717, 1.165) is 5.56 Å². The van der Waals surface area contributed by atoms with E-state index in [1.54, 1.807) is 30.6 Å². The van der Waals surface area contributed by atoms with Crippen LogP contribution in [0.15, 0.2) is 35.0 Å². The van der Waals surface area contributed by atoms with Crippen molar-refractivity contribution in [2.75, 3.05) is 7.11 Å². The smallest absolute Gasteiger partial charge is 0.270 e. The van der Waals surface area contributed by atoms with Crippen LogP contribution in [0.1, 0.15) is 24.1 Å². The number of methoxy groups -OCH3 is 1. The number of thiophene rings is 1. The fraction of sp³-hybridized carbons (Fsp3) is 0.286. The van der Waals surface area contributed by atoms with Crippen molar-refractivity contribution in [3.63, 3.8) is 0 Å². The van der Waals surface area contributed by atoms with Crippen LogP contribution < -0.4 is 10.1 Å². The number of benzene rings is 1. The molecule has 20 heavy (non-hydrogen) atoms. The first kappa shape index (κ1) is 14.5. The Morgan fingerprint density at radius 1 is 1.45 bits per heavy atom. The van der Waals surface area contributed by atoms with Crippen molar-refractivity contribution in [1.82, 2.24) is 5.32 Å². The monoisotopic (exact) mass is 292 g/mol. The summed E-state index contributed by atoms with van der Waals surface area (Å²) in [5.41, 5.74) is 2.06. The van der Waals surface area contributed by atoms with Crippen molar-refractivity contribution in [3.8, 4) is 5.75 Å². The Kier molecular flexibility index (Phi) is 4.70. The van der Waals surface area contributed by atoms with Crippen molar-refractivity contribution < 1.29 is 9.66 Å². The second-order valence-corrected chi connectivity index (χ2v) is 5.19. The number of nitro benzene ring substituents is 1. The maximum absolute atomic E-state index is 10.8. The Labute approximate surface area is 121 Å². The van der Waals surface area contributed by atoms with Crippen LogP contribution >= 0.6 is 11.3 Å². The molecule has 0 fully saturated rings. The number of nitrogens with zero attached hydrogens (tertiary/aromatic N) is 1. The summed E-state index contributed by atoms with van der Waals surface area (Å²) in [4.78, 5) is 10.4. The van der Waals surface area contributed by atoms with Crippen LogP contribution in [-0.2, 0) is 6.54 Å². The van der Waals surface area contributed by atoms with Crippen molar-refractivity contribution in [3.05, 3.63) is 56.3 Å². The Hall–Kier alpha value is -1.92. The third-order valence-electron chi connectivity index (χ3n) is 3.12. The van der Waals surface area contributed by atoms with Gasteiger partial charge in [0.05, 0.1) is 12.0 Å². The lowest BCUT2D eigenvalue weighted by atomic mass is 10.1. The van der Waals surface area contributed by atoms with Gasteiger partial charge in [-0.15, -0.1) is 0 Å². The Morgan fingerprint density at radius 2 is 2.25 bits per heavy atom. The van der Waals surface area contributed by atoms with Gasteiger partial charge in [0.15, 0.2) is 0 Å². The largest absolute Gasteiger partial charge is 0.496 e. The summed E-state index contributed by atoms with van der Waals surface area (Å²) in [5.74, 6) is 0.653. The molecule has 1 aromatic carbocycles. The molecule has 5 nitrogen and oxygen atoms in total. The van der Waals surface area contributed by atoms with Gasteiger partial charge in [0.1, 0.15) is 5.75 Å². The van der Waals surface area contributed by atoms with E-state index in [9.17, 15) is 10.1 Å². The van der Waals surface area contributed by atoms with Gasteiger partial charge in [-0.2, -0.15) is 11.3 Å². The molecule has 0 saturated heterocycles. The number of nitro groups is 1. The fourth-order valence-electron chi connectivity index (χ4n) is 1.92. The molecule has 1 N–H and O–H groups in total. The Morgan fingerprint density at radius 3 is 2.85 bits per heavy atom. The summed E-state index contributed by atoms with van der Waals surface area (Å²) >= 11 is 1.65. The summed E-state index contributed by atoms with van der Waals surface area (Å²) in [6, 6.07) is 6.87. The minimum Gasteiger partial charge on any atom is -0.496 e. The molecular formula is C14H16N2O3S. The van der Waals surface area contributed by atoms with Gasteiger partial charge in [-0.25, -0.2) is 0 Å². The molecule has 1 heterocycles. The molecule has 0 spiro atoms. The third kappa shape index (κ3) is 3.34. The number of non-ortho nitro benzene ring substituents is 1. The summed E-state index contributed by atoms with van der Waals surface area (Å²) < 4.78 is 5.24. The van der Waals surface area contributed by atoms with E-state index in [1.807, 2.05) is 5.38 Å². The Balaban J connectivity index is 2.11. The van der Waals surface area contributed by atoms with E-state index >= 15 is 0 Å². The number of nitrogens with one attached hydrogen (secondary N) is 1. The zero-order valence-corrected chi connectivity index (χ0v) is 12.1. The van der Waals surface area contributed by atoms with Gasteiger partial charge < -0.3 is 10.1 Å². The standard InChI is InChI=1S/C14H16N2O3S/c1-10(11-5-6-20-9-11)15-8-12-7-13(16(17)18)3-4-14(12)19-2/h3-7,9-10,15H,8H2,1-2H3. The molecule has 0 amide bonds. The molecule has 6 heteroatoms. The molecule has 0 radical (unpaired) electrons. The summed E-state index contributed by atoms with van der Waals surface area (Å²) in [5, 5.41) is 18.3. The minimum atomic E-state index is -0.398. The lowest BCUT2D eigenvalue weighted by Gasteiger charge is -2.14. The summed E-state index contributed by atoms with van der Waals surface area (Å²) in [6.07, 6.45) is 0. The van der Waals surface area contributed by atoms with E-state index < -0.39 is 4.92 Å². The molecule has 0 aliphatic rings. The average Bonchev–Trinajstić information content (AvgIpc) is 2.98. The number of ether oxygens (including phenoxy) is 1. The lowest BCUT2D eigenvalue weighted by molar-refractivity contribution is -0.384. The zero-order chi connectivity index (χ0) is 14.5. The van der Waals surface area contributed by atoms with Crippen molar-refractivity contribution in [1.29, 1.82) is 0 Å². The number of rotatable bonds is 6. The van der Waals surface area contributed by atoms with Gasteiger partial charge in [-0.05, 0) is 35.4 Å². The maximum Gasteiger partial charge on any atom is 0.270 e. The van der Waals surface area contributed by atoms with Crippen molar-refractivity contribution >= 4 is 17.0 Å². The molecule has 0 bridgehead atoms. The highest BCUT2D eigenvalue weighted by molar-refractivity contribution is 7.07. The molecule has 0 aliphatic carbocycles. The summed E-state index contributed by atoms with van der Waals surface area (Å²) in [6.45, 7) is 2.58. The van der Waals surface area contributed by atoms with Crippen LogP contribution in [-0.4, -0.2) is 12.0 Å². The fourth-order valence-corrected chi connectivity index (χ4v) is 2.67.